The largest absolute Gasteiger partial charge is 0.482 e. The monoisotopic (exact) mass is 453 g/mol. The Hall–Kier alpha value is -4.55. The number of carbonyl (C=O) groups is 4. The maximum atomic E-state index is 12.8. The predicted octanol–water partition coefficient (Wildman–Crippen LogP) is 0.427. The van der Waals surface area contributed by atoms with Crippen LogP contribution in [0.1, 0.15) is 28.9 Å². The van der Waals surface area contributed by atoms with Gasteiger partial charge >= 0.3 is 5.97 Å². The van der Waals surface area contributed by atoms with Gasteiger partial charge in [0.1, 0.15) is 23.1 Å². The van der Waals surface area contributed by atoms with Crippen molar-refractivity contribution < 1.29 is 29.0 Å². The number of anilines is 2. The molecular weight excluding hydrogens is 434 g/mol. The molecule has 1 aliphatic heterocycles. The van der Waals surface area contributed by atoms with Gasteiger partial charge < -0.3 is 25.8 Å². The molecule has 0 aliphatic carbocycles. The van der Waals surface area contributed by atoms with Gasteiger partial charge in [0, 0.05) is 20.0 Å². The summed E-state index contributed by atoms with van der Waals surface area (Å²) in [6.45, 7) is 0.109. The molecule has 0 bridgehead atoms. The number of carboxylic acids is 1. The molecule has 170 valence electrons. The van der Waals surface area contributed by atoms with E-state index < -0.39 is 17.8 Å². The Labute approximate surface area is 186 Å². The zero-order valence-electron chi connectivity index (χ0n) is 17.4. The minimum atomic E-state index is -1.09. The summed E-state index contributed by atoms with van der Waals surface area (Å²) >= 11 is 0. The molecule has 3 heterocycles. The predicted molar refractivity (Wildman–Crippen MR) is 114 cm³/mol. The van der Waals surface area contributed by atoms with Gasteiger partial charge in [-0.3, -0.25) is 19.2 Å². The topological polar surface area (TPSA) is 177 Å². The van der Waals surface area contributed by atoms with Crippen molar-refractivity contribution in [3.05, 3.63) is 35.8 Å². The number of benzene rings is 1. The number of fused-ring (bicyclic) bond motifs is 2. The molecule has 13 heteroatoms. The lowest BCUT2D eigenvalue weighted by atomic mass is 10.1. The number of ether oxygens (including phenoxy) is 1. The van der Waals surface area contributed by atoms with Crippen LogP contribution in [0.25, 0.3) is 11.0 Å². The van der Waals surface area contributed by atoms with Crippen LogP contribution in [-0.2, 0) is 28.0 Å². The van der Waals surface area contributed by atoms with Crippen molar-refractivity contribution in [3.63, 3.8) is 0 Å². The molecule has 3 aromatic rings. The molecule has 3 amide bonds. The number of carboxylic acid groups (broad SMARTS) is 1. The highest BCUT2D eigenvalue weighted by Gasteiger charge is 2.21. The number of carbonyl (C=O) groups excluding carboxylic acids is 3. The SMILES string of the molecule is Cn1nc2c(C(=O)NCc3ccc4c(c3)NC(=O)CO4)ncnc2c1NC(=O)CCC(=O)O. The van der Waals surface area contributed by atoms with Crippen molar-refractivity contribution in [1.82, 2.24) is 25.1 Å². The van der Waals surface area contributed by atoms with Gasteiger partial charge in [-0.1, -0.05) is 6.07 Å². The maximum Gasteiger partial charge on any atom is 0.303 e. The summed E-state index contributed by atoms with van der Waals surface area (Å²) in [6, 6.07) is 5.17. The fraction of sp³-hybridized carbons (Fsp3) is 0.250. The van der Waals surface area contributed by atoms with E-state index in [0.717, 1.165) is 5.56 Å². The van der Waals surface area contributed by atoms with E-state index in [-0.39, 0.29) is 54.4 Å². The quantitative estimate of drug-likeness (QED) is 0.395. The third-order valence-electron chi connectivity index (χ3n) is 4.79. The Morgan fingerprint density at radius 1 is 1.21 bits per heavy atom. The van der Waals surface area contributed by atoms with Gasteiger partial charge in [-0.25, -0.2) is 14.6 Å². The van der Waals surface area contributed by atoms with Crippen LogP contribution in [0.3, 0.4) is 0 Å². The summed E-state index contributed by atoms with van der Waals surface area (Å²) < 4.78 is 6.65. The van der Waals surface area contributed by atoms with Crippen molar-refractivity contribution >= 4 is 46.2 Å². The van der Waals surface area contributed by atoms with E-state index in [2.05, 4.69) is 31.0 Å². The molecule has 0 radical (unpaired) electrons. The third kappa shape index (κ3) is 4.71. The Kier molecular flexibility index (Phi) is 5.85. The van der Waals surface area contributed by atoms with Crippen LogP contribution < -0.4 is 20.7 Å². The van der Waals surface area contributed by atoms with E-state index in [4.69, 9.17) is 9.84 Å². The standard InChI is InChI=1S/C20H19N7O6/c1-27-19(25-13(28)4-5-15(30)31)17-16(26-27)18(23-9-22-17)20(32)21-7-10-2-3-12-11(6-10)24-14(29)8-33-12/h2-3,6,9H,4-5,7-8H2,1H3,(H,21,32)(H,24,29)(H,25,28)(H,30,31). The first-order valence-electron chi connectivity index (χ1n) is 9.85. The molecular formula is C20H19N7O6. The molecule has 0 fully saturated rings. The second-order valence-corrected chi connectivity index (χ2v) is 7.18. The second-order valence-electron chi connectivity index (χ2n) is 7.18. The van der Waals surface area contributed by atoms with Crippen LogP contribution >= 0.6 is 0 Å². The van der Waals surface area contributed by atoms with Gasteiger partial charge in [-0.05, 0) is 17.7 Å². The maximum absolute atomic E-state index is 12.8. The molecule has 0 saturated carbocycles. The second kappa shape index (κ2) is 8.90. The summed E-state index contributed by atoms with van der Waals surface area (Å²) in [5, 5.41) is 21.0. The molecule has 0 atom stereocenters. The van der Waals surface area contributed by atoms with Crippen LogP contribution in [-0.4, -0.2) is 55.2 Å². The van der Waals surface area contributed by atoms with Gasteiger partial charge in [0.25, 0.3) is 11.8 Å². The molecule has 1 aromatic carbocycles. The number of nitrogens with zero attached hydrogens (tertiary/aromatic N) is 4. The van der Waals surface area contributed by atoms with Crippen molar-refractivity contribution in [2.45, 2.75) is 19.4 Å². The first-order chi connectivity index (χ1) is 15.8. The molecule has 0 spiro atoms. The van der Waals surface area contributed by atoms with Gasteiger partial charge in [0.15, 0.2) is 18.1 Å². The summed E-state index contributed by atoms with van der Waals surface area (Å²) in [5.74, 6) is -1.60. The molecule has 13 nitrogen and oxygen atoms in total. The highest BCUT2D eigenvalue weighted by molar-refractivity contribution is 6.07. The lowest BCUT2D eigenvalue weighted by molar-refractivity contribution is -0.138. The number of amides is 3. The highest BCUT2D eigenvalue weighted by Crippen LogP contribution is 2.28. The molecule has 2 aromatic heterocycles. The van der Waals surface area contributed by atoms with Gasteiger partial charge in [0.2, 0.25) is 5.91 Å². The van der Waals surface area contributed by atoms with E-state index in [1.807, 2.05) is 0 Å². The van der Waals surface area contributed by atoms with Gasteiger partial charge in [-0.2, -0.15) is 5.10 Å². The van der Waals surface area contributed by atoms with Gasteiger partial charge in [-0.15, -0.1) is 0 Å². The van der Waals surface area contributed by atoms with Crippen molar-refractivity contribution in [2.24, 2.45) is 7.05 Å². The summed E-state index contributed by atoms with van der Waals surface area (Å²) in [5.41, 5.74) is 1.68. The van der Waals surface area contributed by atoms with E-state index in [1.165, 1.54) is 11.0 Å². The Balaban J connectivity index is 1.50. The third-order valence-corrected chi connectivity index (χ3v) is 4.79. The minimum Gasteiger partial charge on any atom is -0.482 e. The van der Waals surface area contributed by atoms with E-state index >= 15 is 0 Å². The van der Waals surface area contributed by atoms with E-state index in [0.29, 0.717) is 11.4 Å². The normalized spacial score (nSPS) is 12.5. The number of nitrogens with one attached hydrogen (secondary N) is 3. The van der Waals surface area contributed by atoms with Crippen LogP contribution in [0.5, 0.6) is 5.75 Å². The first-order valence-corrected chi connectivity index (χ1v) is 9.85. The van der Waals surface area contributed by atoms with E-state index in [1.54, 1.807) is 25.2 Å². The average molecular weight is 453 g/mol. The van der Waals surface area contributed by atoms with Crippen molar-refractivity contribution in [2.75, 3.05) is 17.2 Å². The van der Waals surface area contributed by atoms with Crippen molar-refractivity contribution in [3.8, 4) is 5.75 Å². The number of aliphatic carboxylic acids is 1. The zero-order valence-corrected chi connectivity index (χ0v) is 17.4. The van der Waals surface area contributed by atoms with Crippen LogP contribution in [0, 0.1) is 0 Å². The number of rotatable bonds is 7. The van der Waals surface area contributed by atoms with Crippen molar-refractivity contribution in [1.29, 1.82) is 0 Å². The summed E-state index contributed by atoms with van der Waals surface area (Å²) in [7, 11) is 1.56. The fourth-order valence-electron chi connectivity index (χ4n) is 3.23. The molecule has 33 heavy (non-hydrogen) atoms. The Morgan fingerprint density at radius 2 is 2.03 bits per heavy atom. The zero-order chi connectivity index (χ0) is 23.5. The van der Waals surface area contributed by atoms with Gasteiger partial charge in [0.05, 0.1) is 12.1 Å². The smallest absolute Gasteiger partial charge is 0.303 e. The number of aromatic nitrogens is 4. The van der Waals surface area contributed by atoms with Crippen LogP contribution in [0.15, 0.2) is 24.5 Å². The summed E-state index contributed by atoms with van der Waals surface area (Å²) in [6.07, 6.45) is 0.646. The Morgan fingerprint density at radius 3 is 2.82 bits per heavy atom. The lowest BCUT2D eigenvalue weighted by Gasteiger charge is -2.18. The highest BCUT2D eigenvalue weighted by atomic mass is 16.5. The number of hydrogen-bond acceptors (Lipinski definition) is 8. The summed E-state index contributed by atoms with van der Waals surface area (Å²) in [4.78, 5) is 55.1. The average Bonchev–Trinajstić information content (AvgIpc) is 3.10. The molecule has 4 N–H and O–H groups in total. The fourth-order valence-corrected chi connectivity index (χ4v) is 3.23. The molecule has 1 aliphatic rings. The lowest BCUT2D eigenvalue weighted by Crippen LogP contribution is -2.26. The Bertz CT molecular complexity index is 1290. The minimum absolute atomic E-state index is 0.0104. The number of aryl methyl sites for hydroxylation is 1. The molecule has 4 rings (SSSR count). The first kappa shape index (κ1) is 21.7. The van der Waals surface area contributed by atoms with Crippen LogP contribution in [0.2, 0.25) is 0 Å². The molecule has 0 unspecified atom stereocenters. The molecule has 0 saturated heterocycles. The van der Waals surface area contributed by atoms with Crippen LogP contribution in [0.4, 0.5) is 11.5 Å². The van der Waals surface area contributed by atoms with E-state index in [9.17, 15) is 19.2 Å². The number of hydrogen-bond donors (Lipinski definition) is 4.